The van der Waals surface area contributed by atoms with Gasteiger partial charge in [0, 0.05) is 52.8 Å². The number of aromatic nitrogens is 2. The standard InChI is InChI=1S/2C10H15N2O2.2CH4O.2Fe.4NO3/c2*13-7-5-12(6-8-14)9-10-3-1-2-4-11-10;2*1-2;;;4*2-1(3)4/h2*1-4,13H,5-9H2;2*2H,1H3;;;;;;/q2*-1;;;2*+4;4*-1. The van der Waals surface area contributed by atoms with E-state index in [1.165, 1.54) is 0 Å². The van der Waals surface area contributed by atoms with Crippen LogP contribution in [0.15, 0.2) is 48.8 Å². The molecule has 0 amide bonds. The number of hydrogen-bond acceptors (Lipinski definition) is 22. The number of hydrogen-bond donors (Lipinski definition) is 4. The molecule has 4 N–H and O–H groups in total. The summed E-state index contributed by atoms with van der Waals surface area (Å²) in [5.74, 6) is 0. The van der Waals surface area contributed by atoms with Crippen molar-refractivity contribution in [1.29, 1.82) is 0 Å². The minimum atomic E-state index is -1.75. The maximum atomic E-state index is 10.5. The smallest absolute Gasteiger partial charge is 0.854 e. The molecule has 288 valence electrons. The van der Waals surface area contributed by atoms with Crippen LogP contribution in [-0.4, -0.2) is 127 Å². The molecule has 2 heterocycles. The van der Waals surface area contributed by atoms with Gasteiger partial charge in [-0.25, -0.2) is 0 Å². The van der Waals surface area contributed by atoms with Gasteiger partial charge in [-0.3, -0.25) is 19.8 Å². The van der Waals surface area contributed by atoms with E-state index in [1.807, 2.05) is 46.2 Å². The molecule has 0 aliphatic carbocycles. The molecule has 2 rings (SSSR count). The van der Waals surface area contributed by atoms with E-state index in [9.17, 15) is 10.2 Å². The minimum Gasteiger partial charge on any atom is -0.854 e. The summed E-state index contributed by atoms with van der Waals surface area (Å²) in [6, 6.07) is 11.4. The molecule has 0 aromatic carbocycles. The van der Waals surface area contributed by atoms with Crippen LogP contribution in [0.4, 0.5) is 0 Å². The van der Waals surface area contributed by atoms with Crippen molar-refractivity contribution in [2.75, 3.05) is 66.8 Å². The molecule has 0 radical (unpaired) electrons. The Balaban J connectivity index is -0.0000000756. The maximum absolute atomic E-state index is 10.5. The van der Waals surface area contributed by atoms with E-state index in [1.54, 1.807) is 12.4 Å². The Morgan fingerprint density at radius 3 is 0.940 bits per heavy atom. The van der Waals surface area contributed by atoms with E-state index >= 15 is 0 Å². The molecular weight excluding hydrogens is 776 g/mol. The summed E-state index contributed by atoms with van der Waals surface area (Å²) in [6.07, 6.45) is 3.45. The first-order chi connectivity index (χ1) is 22.7. The Labute approximate surface area is 305 Å². The topological polar surface area (TPSA) is 424 Å². The summed E-state index contributed by atoms with van der Waals surface area (Å²) in [6.45, 7) is 3.08. The molecule has 0 saturated carbocycles. The average Bonchev–Trinajstić information content (AvgIpc) is 3.00. The van der Waals surface area contributed by atoms with Gasteiger partial charge in [0.2, 0.25) is 0 Å². The summed E-state index contributed by atoms with van der Waals surface area (Å²) in [7, 11) is 2.00. The number of nitrogens with zero attached hydrogens (tertiary/aromatic N) is 8. The van der Waals surface area contributed by atoms with Gasteiger partial charge in [-0.1, -0.05) is 12.1 Å². The fraction of sp³-hybridized carbons (Fsp3) is 0.545. The molecule has 50 heavy (non-hydrogen) atoms. The van der Waals surface area contributed by atoms with Crippen molar-refractivity contribution >= 4 is 0 Å². The van der Waals surface area contributed by atoms with Crippen molar-refractivity contribution in [3.63, 3.8) is 0 Å². The van der Waals surface area contributed by atoms with E-state index in [0.29, 0.717) is 39.3 Å². The summed E-state index contributed by atoms with van der Waals surface area (Å²) >= 11 is 0. The van der Waals surface area contributed by atoms with Crippen LogP contribution in [0.25, 0.3) is 0 Å². The zero-order valence-corrected chi connectivity index (χ0v) is 28.7. The molecule has 0 fully saturated rings. The predicted molar refractivity (Wildman–Crippen MR) is 161 cm³/mol. The van der Waals surface area contributed by atoms with Gasteiger partial charge >= 0.3 is 34.1 Å². The minimum absolute atomic E-state index is 0. The van der Waals surface area contributed by atoms with Gasteiger partial charge in [0.1, 0.15) is 0 Å². The Morgan fingerprint density at radius 1 is 0.540 bits per heavy atom. The van der Waals surface area contributed by atoms with Crippen molar-refractivity contribution in [3.05, 3.63) is 121 Å². The van der Waals surface area contributed by atoms with Gasteiger partial charge < -0.3 is 91.9 Å². The second kappa shape index (κ2) is 54.3. The summed E-state index contributed by atoms with van der Waals surface area (Å²) < 4.78 is 0. The Bertz CT molecular complexity index is 853. The van der Waals surface area contributed by atoms with Crippen LogP contribution < -0.4 is 10.2 Å². The summed E-state index contributed by atoms with van der Waals surface area (Å²) in [5.41, 5.74) is 1.85. The zero-order valence-electron chi connectivity index (χ0n) is 26.5. The Morgan fingerprint density at radius 2 is 0.780 bits per heavy atom. The van der Waals surface area contributed by atoms with E-state index in [0.717, 1.165) is 25.6 Å². The molecular formula is C22H38Fe2N8O18+2. The van der Waals surface area contributed by atoms with E-state index in [-0.39, 0.29) is 60.6 Å². The third-order valence-corrected chi connectivity index (χ3v) is 3.87. The van der Waals surface area contributed by atoms with Crippen LogP contribution in [0.5, 0.6) is 0 Å². The first-order valence-corrected chi connectivity index (χ1v) is 12.4. The quantitative estimate of drug-likeness (QED) is 0.0927. The van der Waals surface area contributed by atoms with Crippen LogP contribution in [-0.2, 0) is 47.2 Å². The molecule has 0 aliphatic rings. The van der Waals surface area contributed by atoms with Gasteiger partial charge in [-0.2, -0.15) is 0 Å². The molecule has 0 spiro atoms. The average molecular weight is 814 g/mol. The molecule has 0 saturated heterocycles. The van der Waals surface area contributed by atoms with Gasteiger partial charge in [0.25, 0.3) is 0 Å². The number of rotatable bonds is 12. The van der Waals surface area contributed by atoms with Gasteiger partial charge in [0.15, 0.2) is 0 Å². The molecule has 0 aliphatic heterocycles. The fourth-order valence-electron chi connectivity index (χ4n) is 2.52. The second-order valence-electron chi connectivity index (χ2n) is 6.94. The van der Waals surface area contributed by atoms with Gasteiger partial charge in [0.05, 0.1) is 44.9 Å². The van der Waals surface area contributed by atoms with E-state index in [4.69, 9.17) is 81.7 Å². The Hall–Kier alpha value is -4.18. The molecule has 2 aromatic rings. The van der Waals surface area contributed by atoms with Gasteiger partial charge in [-0.15, -0.1) is 13.2 Å². The van der Waals surface area contributed by atoms with Crippen molar-refractivity contribution in [3.8, 4) is 0 Å². The fourth-order valence-corrected chi connectivity index (χ4v) is 2.52. The largest absolute Gasteiger partial charge is 4.00 e. The van der Waals surface area contributed by atoms with E-state index < -0.39 is 20.3 Å². The zero-order chi connectivity index (χ0) is 38.8. The van der Waals surface area contributed by atoms with Crippen LogP contribution in [0.1, 0.15) is 11.4 Å². The predicted octanol–water partition coefficient (Wildman–Crippen LogP) is -3.27. The molecule has 2 aromatic heterocycles. The molecule has 0 atom stereocenters. The summed E-state index contributed by atoms with van der Waals surface area (Å²) in [4.78, 5) is 45.1. The van der Waals surface area contributed by atoms with Crippen molar-refractivity contribution in [1.82, 2.24) is 19.8 Å². The number of pyridine rings is 2. The Kier molecular flexibility index (Phi) is 69.9. The van der Waals surface area contributed by atoms with Crippen LogP contribution >= 0.6 is 0 Å². The van der Waals surface area contributed by atoms with Gasteiger partial charge in [-0.05, 0) is 37.4 Å². The van der Waals surface area contributed by atoms with Crippen molar-refractivity contribution < 1.29 is 85.1 Å². The molecule has 28 heteroatoms. The first kappa shape index (κ1) is 64.4. The second-order valence-corrected chi connectivity index (χ2v) is 6.94. The molecule has 26 nitrogen and oxygen atoms in total. The van der Waals surface area contributed by atoms with Crippen molar-refractivity contribution in [2.24, 2.45) is 0 Å². The third kappa shape index (κ3) is 79.4. The summed E-state index contributed by atoms with van der Waals surface area (Å²) in [5, 5.41) is 111. The number of aliphatic hydroxyl groups excluding tert-OH is 4. The van der Waals surface area contributed by atoms with Crippen LogP contribution in [0.2, 0.25) is 0 Å². The molecule has 0 unspecified atom stereocenters. The van der Waals surface area contributed by atoms with Crippen molar-refractivity contribution in [2.45, 2.75) is 13.1 Å². The van der Waals surface area contributed by atoms with E-state index in [2.05, 4.69) is 9.97 Å². The SMILES string of the molecule is CO.CO.O=[N+]([O-])[O-].O=[N+]([O-])[O-].O=[N+]([O-])[O-].O=[N+]([O-])[O-].[Fe+4].[Fe+4].[O-]CCN(CCO)Cc1ccccn1.[O-]CCN(CCO)Cc1ccccn1. The monoisotopic (exact) mass is 814 g/mol. The maximum Gasteiger partial charge on any atom is 4.00 e. The number of aliphatic hydroxyl groups is 4. The normalized spacial score (nSPS) is 8.20. The molecule has 0 bridgehead atoms. The third-order valence-electron chi connectivity index (χ3n) is 3.87. The first-order valence-electron chi connectivity index (χ1n) is 12.4. The van der Waals surface area contributed by atoms with Crippen LogP contribution in [0, 0.1) is 61.3 Å². The van der Waals surface area contributed by atoms with Crippen LogP contribution in [0.3, 0.4) is 0 Å².